The highest BCUT2D eigenvalue weighted by Crippen LogP contribution is 2.40. The molecule has 0 spiro atoms. The van der Waals surface area contributed by atoms with Crippen molar-refractivity contribution in [1.82, 2.24) is 4.90 Å². The van der Waals surface area contributed by atoms with Gasteiger partial charge in [0.15, 0.2) is 0 Å². The van der Waals surface area contributed by atoms with Gasteiger partial charge in [0, 0.05) is 13.1 Å². The van der Waals surface area contributed by atoms with E-state index in [0.29, 0.717) is 19.5 Å². The summed E-state index contributed by atoms with van der Waals surface area (Å²) in [4.78, 5) is 24.7. The third kappa shape index (κ3) is 2.16. The Morgan fingerprint density at radius 3 is 2.68 bits per heavy atom. The third-order valence-electron chi connectivity index (χ3n) is 3.94. The first-order chi connectivity index (χ1) is 9.06. The van der Waals surface area contributed by atoms with E-state index in [4.69, 9.17) is 5.11 Å². The van der Waals surface area contributed by atoms with Crippen molar-refractivity contribution < 1.29 is 19.8 Å². The highest BCUT2D eigenvalue weighted by Gasteiger charge is 2.49. The summed E-state index contributed by atoms with van der Waals surface area (Å²) >= 11 is 0. The molecule has 5 heteroatoms. The molecule has 0 bridgehead atoms. The first-order valence-corrected chi connectivity index (χ1v) is 6.38. The maximum atomic E-state index is 12.2. The number of aliphatic carboxylic acids is 1. The number of rotatable bonds is 2. The van der Waals surface area contributed by atoms with Gasteiger partial charge in [-0.15, -0.1) is 0 Å². The first-order valence-electron chi connectivity index (χ1n) is 6.38. The van der Waals surface area contributed by atoms with E-state index in [1.165, 1.54) is 0 Å². The molecule has 1 heterocycles. The Bertz CT molecular complexity index is 554. The summed E-state index contributed by atoms with van der Waals surface area (Å²) in [6.45, 7) is 1.09. The lowest BCUT2D eigenvalue weighted by atomic mass is 9.99. The molecule has 3 rings (SSSR count). The quantitative estimate of drug-likeness (QED) is 0.832. The maximum absolute atomic E-state index is 12.2. The van der Waals surface area contributed by atoms with Crippen LogP contribution in [0.25, 0.3) is 0 Å². The summed E-state index contributed by atoms with van der Waals surface area (Å²) in [6.07, 6.45) is 1.21. The van der Waals surface area contributed by atoms with Gasteiger partial charge in [-0.25, -0.2) is 0 Å². The van der Waals surface area contributed by atoms with Crippen molar-refractivity contribution in [2.45, 2.75) is 19.4 Å². The second-order valence-corrected chi connectivity index (χ2v) is 5.25. The SMILES string of the molecule is O=C(O)[C@H]1C[C@H]1C(=O)N1CCc2ccc(O)cc2C1. The molecule has 2 aliphatic rings. The zero-order valence-electron chi connectivity index (χ0n) is 10.4. The van der Waals surface area contributed by atoms with Crippen molar-refractivity contribution in [3.05, 3.63) is 29.3 Å². The van der Waals surface area contributed by atoms with Gasteiger partial charge < -0.3 is 15.1 Å². The van der Waals surface area contributed by atoms with Crippen LogP contribution < -0.4 is 0 Å². The fourth-order valence-electron chi connectivity index (χ4n) is 2.71. The van der Waals surface area contributed by atoms with Crippen LogP contribution in [0.2, 0.25) is 0 Å². The van der Waals surface area contributed by atoms with E-state index in [1.54, 1.807) is 17.0 Å². The number of hydrogen-bond acceptors (Lipinski definition) is 3. The van der Waals surface area contributed by atoms with Gasteiger partial charge in [-0.3, -0.25) is 9.59 Å². The first kappa shape index (κ1) is 12.0. The normalized spacial score (nSPS) is 24.7. The molecule has 5 nitrogen and oxygen atoms in total. The summed E-state index contributed by atoms with van der Waals surface area (Å²) in [6, 6.07) is 5.21. The van der Waals surface area contributed by atoms with Gasteiger partial charge in [-0.2, -0.15) is 0 Å². The van der Waals surface area contributed by atoms with Crippen LogP contribution in [0, 0.1) is 11.8 Å². The lowest BCUT2D eigenvalue weighted by molar-refractivity contribution is -0.142. The van der Waals surface area contributed by atoms with Gasteiger partial charge in [0.1, 0.15) is 5.75 Å². The van der Waals surface area contributed by atoms with Crippen molar-refractivity contribution in [2.75, 3.05) is 6.54 Å². The number of amides is 1. The van der Waals surface area contributed by atoms with Crippen LogP contribution in [0.5, 0.6) is 5.75 Å². The van der Waals surface area contributed by atoms with Crippen molar-refractivity contribution in [3.63, 3.8) is 0 Å². The van der Waals surface area contributed by atoms with Gasteiger partial charge in [-0.1, -0.05) is 6.07 Å². The lowest BCUT2D eigenvalue weighted by Gasteiger charge is -2.29. The summed E-state index contributed by atoms with van der Waals surface area (Å²) in [5.41, 5.74) is 2.10. The van der Waals surface area contributed by atoms with Gasteiger partial charge in [0.2, 0.25) is 5.91 Å². The van der Waals surface area contributed by atoms with E-state index < -0.39 is 11.9 Å². The average Bonchev–Trinajstić information content (AvgIpc) is 3.17. The van der Waals surface area contributed by atoms with Gasteiger partial charge in [0.05, 0.1) is 11.8 Å². The van der Waals surface area contributed by atoms with Gasteiger partial charge >= 0.3 is 5.97 Å². The number of fused-ring (bicyclic) bond motifs is 1. The number of carbonyl (C=O) groups excluding carboxylic acids is 1. The molecule has 0 radical (unpaired) electrons. The molecular weight excluding hydrogens is 246 g/mol. The second kappa shape index (κ2) is 4.26. The second-order valence-electron chi connectivity index (χ2n) is 5.25. The summed E-state index contributed by atoms with van der Waals surface area (Å²) in [5, 5.41) is 18.3. The minimum absolute atomic E-state index is 0.0682. The van der Waals surface area contributed by atoms with Crippen LogP contribution in [-0.2, 0) is 22.6 Å². The zero-order valence-corrected chi connectivity index (χ0v) is 10.4. The van der Waals surface area contributed by atoms with Crippen molar-refractivity contribution in [3.8, 4) is 5.75 Å². The number of phenolic OH excluding ortho intramolecular Hbond substituents is 1. The molecule has 0 unspecified atom stereocenters. The minimum Gasteiger partial charge on any atom is -0.508 e. The highest BCUT2D eigenvalue weighted by molar-refractivity contribution is 5.89. The summed E-state index contributed by atoms with van der Waals surface area (Å²) < 4.78 is 0. The van der Waals surface area contributed by atoms with Crippen LogP contribution in [0.15, 0.2) is 18.2 Å². The third-order valence-corrected chi connectivity index (χ3v) is 3.94. The highest BCUT2D eigenvalue weighted by atomic mass is 16.4. The van der Waals surface area contributed by atoms with E-state index in [-0.39, 0.29) is 17.6 Å². The zero-order chi connectivity index (χ0) is 13.6. The smallest absolute Gasteiger partial charge is 0.307 e. The molecule has 2 N–H and O–H groups in total. The van der Waals surface area contributed by atoms with Crippen LogP contribution in [0.3, 0.4) is 0 Å². The average molecular weight is 261 g/mol. The molecule has 100 valence electrons. The standard InChI is InChI=1S/C14H15NO4/c16-10-2-1-8-3-4-15(7-9(8)5-10)13(17)11-6-12(11)14(18)19/h1-2,5,11-12,16H,3-4,6-7H2,(H,18,19)/t11-,12+/m1/s1. The molecular formula is C14H15NO4. The molecule has 0 saturated heterocycles. The predicted molar refractivity (Wildman–Crippen MR) is 66.5 cm³/mol. The molecule has 2 atom stereocenters. The molecule has 1 saturated carbocycles. The monoisotopic (exact) mass is 261 g/mol. The molecule has 1 aromatic rings. The van der Waals surface area contributed by atoms with Crippen LogP contribution in [0.4, 0.5) is 0 Å². The fraction of sp³-hybridized carbons (Fsp3) is 0.429. The van der Waals surface area contributed by atoms with E-state index in [9.17, 15) is 14.7 Å². The maximum Gasteiger partial charge on any atom is 0.307 e. The Morgan fingerprint density at radius 2 is 2.00 bits per heavy atom. The number of aromatic hydroxyl groups is 1. The van der Waals surface area contributed by atoms with Crippen molar-refractivity contribution in [2.24, 2.45) is 11.8 Å². The Kier molecular flexibility index (Phi) is 2.69. The largest absolute Gasteiger partial charge is 0.508 e. The molecule has 1 aliphatic heterocycles. The Morgan fingerprint density at radius 1 is 1.21 bits per heavy atom. The Balaban J connectivity index is 1.72. The van der Waals surface area contributed by atoms with Crippen LogP contribution in [0.1, 0.15) is 17.5 Å². The lowest BCUT2D eigenvalue weighted by Crippen LogP contribution is -2.37. The molecule has 1 fully saturated rings. The number of carboxylic acid groups (broad SMARTS) is 1. The molecule has 1 aromatic carbocycles. The molecule has 1 amide bonds. The van der Waals surface area contributed by atoms with Crippen LogP contribution >= 0.6 is 0 Å². The van der Waals surface area contributed by atoms with Gasteiger partial charge in [0.25, 0.3) is 0 Å². The number of hydrogen-bond donors (Lipinski definition) is 2. The number of benzene rings is 1. The van der Waals surface area contributed by atoms with Crippen LogP contribution in [-0.4, -0.2) is 33.5 Å². The summed E-state index contributed by atoms with van der Waals surface area (Å²) in [7, 11) is 0. The Labute approximate surface area is 110 Å². The number of nitrogens with zero attached hydrogens (tertiary/aromatic N) is 1. The minimum atomic E-state index is -0.881. The Hall–Kier alpha value is -2.04. The molecule has 19 heavy (non-hydrogen) atoms. The van der Waals surface area contributed by atoms with Crippen molar-refractivity contribution >= 4 is 11.9 Å². The van der Waals surface area contributed by atoms with Gasteiger partial charge in [-0.05, 0) is 36.1 Å². The van der Waals surface area contributed by atoms with E-state index in [0.717, 1.165) is 17.5 Å². The summed E-state index contributed by atoms with van der Waals surface area (Å²) in [5.74, 6) is -1.60. The number of carboxylic acids is 1. The number of carbonyl (C=O) groups is 2. The fourth-order valence-corrected chi connectivity index (χ4v) is 2.71. The number of phenols is 1. The van der Waals surface area contributed by atoms with E-state index >= 15 is 0 Å². The topological polar surface area (TPSA) is 77.8 Å². The molecule has 1 aliphatic carbocycles. The van der Waals surface area contributed by atoms with E-state index in [2.05, 4.69) is 0 Å². The van der Waals surface area contributed by atoms with E-state index in [1.807, 2.05) is 6.07 Å². The molecule has 0 aromatic heterocycles. The van der Waals surface area contributed by atoms with Crippen molar-refractivity contribution in [1.29, 1.82) is 0 Å². The predicted octanol–water partition coefficient (Wildman–Crippen LogP) is 0.998.